The molecule has 0 aliphatic carbocycles. The van der Waals surface area contributed by atoms with E-state index in [1.807, 2.05) is 36.4 Å². The number of benzene rings is 2. The Labute approximate surface area is 109 Å². The molecule has 0 aromatic heterocycles. The number of rotatable bonds is 2. The third-order valence-corrected chi connectivity index (χ3v) is 3.76. The molecule has 0 radical (unpaired) electrons. The van der Waals surface area contributed by atoms with Crippen molar-refractivity contribution in [3.8, 4) is 0 Å². The van der Waals surface area contributed by atoms with E-state index in [4.69, 9.17) is 28.9 Å². The molecule has 2 aromatic rings. The van der Waals surface area contributed by atoms with Crippen molar-refractivity contribution in [2.75, 3.05) is 5.73 Å². The molecule has 82 valence electrons. The van der Waals surface area contributed by atoms with Crippen LogP contribution in [0.3, 0.4) is 0 Å². The Balaban J connectivity index is 2.23. The molecule has 0 aliphatic heterocycles. The Bertz CT molecular complexity index is 497. The highest BCUT2D eigenvalue weighted by atomic mass is 35.5. The monoisotopic (exact) mass is 269 g/mol. The lowest BCUT2D eigenvalue weighted by Crippen LogP contribution is -1.84. The first-order valence-electron chi connectivity index (χ1n) is 4.63. The van der Waals surface area contributed by atoms with Gasteiger partial charge in [-0.1, -0.05) is 35.0 Å². The zero-order valence-electron chi connectivity index (χ0n) is 8.28. The summed E-state index contributed by atoms with van der Waals surface area (Å²) in [6.07, 6.45) is 0. The second-order valence-electron chi connectivity index (χ2n) is 3.25. The second kappa shape index (κ2) is 5.00. The van der Waals surface area contributed by atoms with E-state index in [9.17, 15) is 0 Å². The van der Waals surface area contributed by atoms with Crippen LogP contribution in [-0.4, -0.2) is 0 Å². The van der Waals surface area contributed by atoms with Crippen LogP contribution in [0.1, 0.15) is 0 Å². The molecular weight excluding hydrogens is 261 g/mol. The predicted molar refractivity (Wildman–Crippen MR) is 71.4 cm³/mol. The predicted octanol–water partition coefficient (Wildman–Crippen LogP) is 4.73. The van der Waals surface area contributed by atoms with Gasteiger partial charge in [-0.05, 0) is 42.5 Å². The first-order chi connectivity index (χ1) is 7.65. The van der Waals surface area contributed by atoms with Gasteiger partial charge in [0.25, 0.3) is 0 Å². The Morgan fingerprint density at radius 2 is 1.62 bits per heavy atom. The third kappa shape index (κ3) is 2.85. The topological polar surface area (TPSA) is 26.0 Å². The van der Waals surface area contributed by atoms with E-state index in [1.165, 1.54) is 0 Å². The summed E-state index contributed by atoms with van der Waals surface area (Å²) in [6, 6.07) is 13.1. The maximum atomic E-state index is 6.08. The van der Waals surface area contributed by atoms with Crippen molar-refractivity contribution in [3.05, 3.63) is 52.5 Å². The number of nitrogen functional groups attached to an aromatic ring is 1. The largest absolute Gasteiger partial charge is 0.399 e. The van der Waals surface area contributed by atoms with E-state index >= 15 is 0 Å². The first-order valence-corrected chi connectivity index (χ1v) is 6.21. The van der Waals surface area contributed by atoms with Gasteiger partial charge in [-0.2, -0.15) is 0 Å². The summed E-state index contributed by atoms with van der Waals surface area (Å²) >= 11 is 13.5. The number of anilines is 1. The molecule has 0 spiro atoms. The van der Waals surface area contributed by atoms with Gasteiger partial charge in [0.1, 0.15) is 0 Å². The Morgan fingerprint density at radius 1 is 0.938 bits per heavy atom. The molecule has 0 heterocycles. The van der Waals surface area contributed by atoms with Crippen LogP contribution in [0, 0.1) is 0 Å². The van der Waals surface area contributed by atoms with Crippen molar-refractivity contribution >= 4 is 40.7 Å². The van der Waals surface area contributed by atoms with Crippen molar-refractivity contribution in [3.63, 3.8) is 0 Å². The highest BCUT2D eigenvalue weighted by Gasteiger charge is 2.03. The second-order valence-corrected chi connectivity index (χ2v) is 5.20. The number of hydrogen-bond acceptors (Lipinski definition) is 2. The minimum Gasteiger partial charge on any atom is -0.399 e. The molecule has 0 fully saturated rings. The SMILES string of the molecule is Nc1ccc(Sc2ccc(Cl)cc2)c(Cl)c1. The van der Waals surface area contributed by atoms with Gasteiger partial charge < -0.3 is 5.73 Å². The minimum atomic E-state index is 0.667. The van der Waals surface area contributed by atoms with Gasteiger partial charge in [-0.3, -0.25) is 0 Å². The van der Waals surface area contributed by atoms with Gasteiger partial charge in [-0.15, -0.1) is 0 Å². The molecule has 0 saturated heterocycles. The summed E-state index contributed by atoms with van der Waals surface area (Å²) in [7, 11) is 0. The highest BCUT2D eigenvalue weighted by Crippen LogP contribution is 2.34. The van der Waals surface area contributed by atoms with E-state index in [1.54, 1.807) is 17.8 Å². The lowest BCUT2D eigenvalue weighted by molar-refractivity contribution is 1.41. The molecule has 0 aliphatic rings. The smallest absolute Gasteiger partial charge is 0.0565 e. The van der Waals surface area contributed by atoms with Gasteiger partial charge in [0.15, 0.2) is 0 Å². The fraction of sp³-hybridized carbons (Fsp3) is 0. The molecule has 2 rings (SSSR count). The fourth-order valence-electron chi connectivity index (χ4n) is 1.23. The summed E-state index contributed by atoms with van der Waals surface area (Å²) in [6.45, 7) is 0. The first kappa shape index (κ1) is 11.6. The van der Waals surface area contributed by atoms with Crippen molar-refractivity contribution < 1.29 is 0 Å². The summed E-state index contributed by atoms with van der Waals surface area (Å²) in [4.78, 5) is 2.08. The summed E-state index contributed by atoms with van der Waals surface area (Å²) < 4.78 is 0. The lowest BCUT2D eigenvalue weighted by atomic mass is 10.3. The molecular formula is C12H9Cl2NS. The van der Waals surface area contributed by atoms with Gasteiger partial charge >= 0.3 is 0 Å². The average Bonchev–Trinajstić information content (AvgIpc) is 2.25. The zero-order valence-corrected chi connectivity index (χ0v) is 10.6. The van der Waals surface area contributed by atoms with Crippen LogP contribution >= 0.6 is 35.0 Å². The highest BCUT2D eigenvalue weighted by molar-refractivity contribution is 7.99. The molecule has 2 N–H and O–H groups in total. The summed E-state index contributed by atoms with van der Waals surface area (Å²) in [5.74, 6) is 0. The zero-order chi connectivity index (χ0) is 11.5. The van der Waals surface area contributed by atoms with Crippen molar-refractivity contribution in [1.82, 2.24) is 0 Å². The van der Waals surface area contributed by atoms with Gasteiger partial charge in [0, 0.05) is 20.5 Å². The van der Waals surface area contributed by atoms with Gasteiger partial charge in [0.05, 0.1) is 5.02 Å². The molecule has 0 bridgehead atoms. The van der Waals surface area contributed by atoms with Gasteiger partial charge in [0.2, 0.25) is 0 Å². The van der Waals surface area contributed by atoms with Crippen LogP contribution in [0.15, 0.2) is 52.3 Å². The molecule has 0 atom stereocenters. The maximum Gasteiger partial charge on any atom is 0.0565 e. The van der Waals surface area contributed by atoms with Gasteiger partial charge in [-0.25, -0.2) is 0 Å². The average molecular weight is 270 g/mol. The summed E-state index contributed by atoms with van der Waals surface area (Å²) in [5.41, 5.74) is 6.30. The van der Waals surface area contributed by atoms with Crippen LogP contribution in [0.25, 0.3) is 0 Å². The van der Waals surface area contributed by atoms with E-state index in [2.05, 4.69) is 0 Å². The van der Waals surface area contributed by atoms with Crippen LogP contribution in [0.4, 0.5) is 5.69 Å². The normalized spacial score (nSPS) is 10.4. The van der Waals surface area contributed by atoms with Crippen LogP contribution < -0.4 is 5.73 Å². The minimum absolute atomic E-state index is 0.667. The van der Waals surface area contributed by atoms with E-state index in [0.29, 0.717) is 10.7 Å². The molecule has 0 amide bonds. The quantitative estimate of drug-likeness (QED) is 0.798. The fourth-order valence-corrected chi connectivity index (χ4v) is 2.48. The molecule has 1 nitrogen and oxygen atoms in total. The molecule has 16 heavy (non-hydrogen) atoms. The Kier molecular flexibility index (Phi) is 3.64. The molecule has 0 unspecified atom stereocenters. The van der Waals surface area contributed by atoms with Crippen LogP contribution in [-0.2, 0) is 0 Å². The van der Waals surface area contributed by atoms with Crippen molar-refractivity contribution in [2.24, 2.45) is 0 Å². The summed E-state index contributed by atoms with van der Waals surface area (Å²) in [5, 5.41) is 1.40. The molecule has 4 heteroatoms. The van der Waals surface area contributed by atoms with Crippen molar-refractivity contribution in [1.29, 1.82) is 0 Å². The Morgan fingerprint density at radius 3 is 2.25 bits per heavy atom. The Hall–Kier alpha value is -0.830. The number of hydrogen-bond donors (Lipinski definition) is 1. The standard InChI is InChI=1S/C12H9Cl2NS/c13-8-1-4-10(5-2-8)16-12-6-3-9(15)7-11(12)14/h1-7H,15H2. The van der Waals surface area contributed by atoms with Crippen LogP contribution in [0.2, 0.25) is 10.0 Å². The third-order valence-electron chi connectivity index (χ3n) is 2.00. The molecule has 2 aromatic carbocycles. The van der Waals surface area contributed by atoms with E-state index in [-0.39, 0.29) is 0 Å². The van der Waals surface area contributed by atoms with E-state index < -0.39 is 0 Å². The maximum absolute atomic E-state index is 6.08. The molecule has 0 saturated carbocycles. The van der Waals surface area contributed by atoms with Crippen molar-refractivity contribution in [2.45, 2.75) is 9.79 Å². The van der Waals surface area contributed by atoms with E-state index in [0.717, 1.165) is 14.8 Å². The van der Waals surface area contributed by atoms with Crippen LogP contribution in [0.5, 0.6) is 0 Å². The number of halogens is 2. The number of nitrogens with two attached hydrogens (primary N) is 1. The lowest BCUT2D eigenvalue weighted by Gasteiger charge is -2.04.